The van der Waals surface area contributed by atoms with Crippen LogP contribution in [0.1, 0.15) is 6.92 Å². The van der Waals surface area contributed by atoms with Gasteiger partial charge >= 0.3 is 0 Å². The average molecular weight is 293 g/mol. The molecule has 0 aromatic carbocycles. The van der Waals surface area contributed by atoms with E-state index in [0.29, 0.717) is 30.6 Å². The summed E-state index contributed by atoms with van der Waals surface area (Å²) in [6, 6.07) is -0.445. The van der Waals surface area contributed by atoms with Crippen LogP contribution < -0.4 is 16.0 Å². The summed E-state index contributed by atoms with van der Waals surface area (Å²) in [5.74, 6) is 0.863. The van der Waals surface area contributed by atoms with E-state index in [1.165, 1.54) is 0 Å². The summed E-state index contributed by atoms with van der Waals surface area (Å²) in [4.78, 5) is 20.5. The van der Waals surface area contributed by atoms with E-state index >= 15 is 0 Å². The van der Waals surface area contributed by atoms with Crippen LogP contribution in [0.5, 0.6) is 0 Å². The maximum absolute atomic E-state index is 11.9. The van der Waals surface area contributed by atoms with Gasteiger partial charge in [-0.2, -0.15) is 15.1 Å². The number of methoxy groups -OCH3 is 1. The van der Waals surface area contributed by atoms with Crippen molar-refractivity contribution in [3.63, 3.8) is 0 Å². The average Bonchev–Trinajstić information content (AvgIpc) is 2.95. The molecule has 0 aliphatic carbocycles. The lowest BCUT2D eigenvalue weighted by Gasteiger charge is -2.15. The van der Waals surface area contributed by atoms with Crippen LogP contribution in [0.2, 0.25) is 0 Å². The number of hydrogen-bond acceptors (Lipinski definition) is 7. The highest BCUT2D eigenvalue weighted by molar-refractivity contribution is 5.90. The number of H-pyrrole nitrogens is 1. The monoisotopic (exact) mass is 293 g/mol. The lowest BCUT2D eigenvalue weighted by atomic mass is 10.3. The number of nitrogens with zero attached hydrogens (tertiary/aromatic N) is 3. The van der Waals surface area contributed by atoms with Crippen LogP contribution >= 0.6 is 0 Å². The first-order chi connectivity index (χ1) is 10.2. The second-order valence-electron chi connectivity index (χ2n) is 4.43. The third kappa shape index (κ3) is 3.57. The van der Waals surface area contributed by atoms with Gasteiger partial charge in [-0.05, 0) is 6.92 Å². The molecule has 21 heavy (non-hydrogen) atoms. The van der Waals surface area contributed by atoms with Crippen LogP contribution in [0.15, 0.2) is 6.20 Å². The molecule has 0 aliphatic heterocycles. The second-order valence-corrected chi connectivity index (χ2v) is 4.43. The molecule has 2 rings (SSSR count). The second kappa shape index (κ2) is 6.84. The molecule has 0 bridgehead atoms. The predicted octanol–water partition coefficient (Wildman–Crippen LogP) is -0.0424. The smallest absolute Gasteiger partial charge is 0.242 e. The Balaban J connectivity index is 2.11. The van der Waals surface area contributed by atoms with Crippen molar-refractivity contribution in [3.8, 4) is 0 Å². The Morgan fingerprint density at radius 2 is 2.29 bits per heavy atom. The minimum Gasteiger partial charge on any atom is -0.383 e. The lowest BCUT2D eigenvalue weighted by Crippen LogP contribution is -2.39. The summed E-state index contributed by atoms with van der Waals surface area (Å²) in [5.41, 5.74) is 0.601. The standard InChI is InChI=1S/C12H19N7O2/c1-7(11(20)14-4-5-21-3)16-9-8-6-15-19-10(8)18-12(13-2)17-9/h6-7H,4-5H2,1-3H3,(H,14,20)(H3,13,15,16,17,18,19). The largest absolute Gasteiger partial charge is 0.383 e. The Kier molecular flexibility index (Phi) is 4.88. The van der Waals surface area contributed by atoms with Gasteiger partial charge in [0, 0.05) is 20.7 Å². The van der Waals surface area contributed by atoms with Crippen LogP contribution in [0.25, 0.3) is 11.0 Å². The molecular formula is C12H19N7O2. The Morgan fingerprint density at radius 3 is 3.00 bits per heavy atom. The first kappa shape index (κ1) is 15.0. The molecule has 0 spiro atoms. The van der Waals surface area contributed by atoms with E-state index in [-0.39, 0.29) is 5.91 Å². The maximum atomic E-state index is 11.9. The number of rotatable bonds is 7. The molecule has 0 saturated carbocycles. The van der Waals surface area contributed by atoms with Gasteiger partial charge in [0.2, 0.25) is 11.9 Å². The van der Waals surface area contributed by atoms with Gasteiger partial charge in [0.25, 0.3) is 0 Å². The van der Waals surface area contributed by atoms with Crippen molar-refractivity contribution in [2.75, 3.05) is 37.9 Å². The van der Waals surface area contributed by atoms with Crippen LogP contribution in [-0.4, -0.2) is 59.4 Å². The number of hydrogen-bond donors (Lipinski definition) is 4. The number of aromatic nitrogens is 4. The molecule has 0 aliphatic rings. The van der Waals surface area contributed by atoms with Crippen molar-refractivity contribution < 1.29 is 9.53 Å². The topological polar surface area (TPSA) is 117 Å². The summed E-state index contributed by atoms with van der Waals surface area (Å²) in [5, 5.41) is 16.1. The maximum Gasteiger partial charge on any atom is 0.242 e. The number of nitrogens with one attached hydrogen (secondary N) is 4. The van der Waals surface area contributed by atoms with Crippen LogP contribution in [0.3, 0.4) is 0 Å². The number of anilines is 2. The highest BCUT2D eigenvalue weighted by atomic mass is 16.5. The van der Waals surface area contributed by atoms with E-state index in [4.69, 9.17) is 4.74 Å². The molecule has 2 aromatic heterocycles. The Labute approximate surface area is 121 Å². The zero-order chi connectivity index (χ0) is 15.2. The number of amides is 1. The zero-order valence-electron chi connectivity index (χ0n) is 12.2. The SMILES string of the molecule is CNc1nc(NC(C)C(=O)NCCOC)c2cn[nH]c2n1. The van der Waals surface area contributed by atoms with Crippen molar-refractivity contribution in [2.24, 2.45) is 0 Å². The highest BCUT2D eigenvalue weighted by Gasteiger charge is 2.16. The Morgan fingerprint density at radius 1 is 1.48 bits per heavy atom. The first-order valence-corrected chi connectivity index (χ1v) is 6.57. The fraction of sp³-hybridized carbons (Fsp3) is 0.500. The minimum atomic E-state index is -0.445. The van der Waals surface area contributed by atoms with Gasteiger partial charge in [-0.15, -0.1) is 0 Å². The molecule has 9 nitrogen and oxygen atoms in total. The van der Waals surface area contributed by atoms with Gasteiger partial charge in [-0.3, -0.25) is 9.89 Å². The third-order valence-electron chi connectivity index (χ3n) is 2.89. The van der Waals surface area contributed by atoms with E-state index in [1.54, 1.807) is 27.3 Å². The van der Waals surface area contributed by atoms with Gasteiger partial charge < -0.3 is 20.7 Å². The normalized spacial score (nSPS) is 12.1. The van der Waals surface area contributed by atoms with Crippen LogP contribution in [0.4, 0.5) is 11.8 Å². The molecule has 4 N–H and O–H groups in total. The summed E-state index contributed by atoms with van der Waals surface area (Å²) < 4.78 is 4.89. The van der Waals surface area contributed by atoms with E-state index in [2.05, 4.69) is 36.1 Å². The molecule has 0 radical (unpaired) electrons. The molecule has 0 fully saturated rings. The quantitative estimate of drug-likeness (QED) is 0.529. The molecule has 9 heteroatoms. The lowest BCUT2D eigenvalue weighted by molar-refractivity contribution is -0.121. The van der Waals surface area contributed by atoms with Gasteiger partial charge in [0.1, 0.15) is 11.9 Å². The summed E-state index contributed by atoms with van der Waals surface area (Å²) >= 11 is 0. The fourth-order valence-electron chi connectivity index (χ4n) is 1.76. The van der Waals surface area contributed by atoms with E-state index in [9.17, 15) is 4.79 Å². The Bertz CT molecular complexity index is 613. The van der Waals surface area contributed by atoms with Crippen molar-refractivity contribution in [3.05, 3.63) is 6.20 Å². The summed E-state index contributed by atoms with van der Waals surface area (Å²) in [6.45, 7) is 2.70. The first-order valence-electron chi connectivity index (χ1n) is 6.57. The molecule has 1 unspecified atom stereocenters. The van der Waals surface area contributed by atoms with Gasteiger partial charge in [-0.1, -0.05) is 0 Å². The molecule has 0 saturated heterocycles. The number of aromatic amines is 1. The molecule has 114 valence electrons. The van der Waals surface area contributed by atoms with Crippen LogP contribution in [0, 0.1) is 0 Å². The number of fused-ring (bicyclic) bond motifs is 1. The fourth-order valence-corrected chi connectivity index (χ4v) is 1.76. The molecule has 1 amide bonds. The molecule has 1 atom stereocenters. The number of ether oxygens (including phenoxy) is 1. The summed E-state index contributed by atoms with van der Waals surface area (Å²) in [6.07, 6.45) is 1.62. The van der Waals surface area contributed by atoms with Gasteiger partial charge in [0.15, 0.2) is 5.65 Å². The predicted molar refractivity (Wildman–Crippen MR) is 79.2 cm³/mol. The highest BCUT2D eigenvalue weighted by Crippen LogP contribution is 2.20. The Hall–Kier alpha value is -2.42. The number of carbonyl (C=O) groups excluding carboxylic acids is 1. The van der Waals surface area contributed by atoms with E-state index in [0.717, 1.165) is 5.39 Å². The van der Waals surface area contributed by atoms with Crippen molar-refractivity contribution in [2.45, 2.75) is 13.0 Å². The third-order valence-corrected chi connectivity index (χ3v) is 2.89. The minimum absolute atomic E-state index is 0.131. The van der Waals surface area contributed by atoms with Crippen molar-refractivity contribution >= 4 is 28.7 Å². The number of carbonyl (C=O) groups is 1. The summed E-state index contributed by atoms with van der Waals surface area (Å²) in [7, 11) is 3.31. The van der Waals surface area contributed by atoms with E-state index < -0.39 is 6.04 Å². The van der Waals surface area contributed by atoms with Gasteiger partial charge in [0.05, 0.1) is 18.2 Å². The van der Waals surface area contributed by atoms with Crippen LogP contribution in [-0.2, 0) is 9.53 Å². The molecule has 2 heterocycles. The zero-order valence-corrected chi connectivity index (χ0v) is 12.2. The van der Waals surface area contributed by atoms with Crippen molar-refractivity contribution in [1.82, 2.24) is 25.5 Å². The van der Waals surface area contributed by atoms with E-state index in [1.807, 2.05) is 0 Å². The molecular weight excluding hydrogens is 274 g/mol. The molecule has 2 aromatic rings. The van der Waals surface area contributed by atoms with Crippen molar-refractivity contribution in [1.29, 1.82) is 0 Å². The van der Waals surface area contributed by atoms with Gasteiger partial charge in [-0.25, -0.2) is 0 Å².